The number of ether oxygens (including phenoxy) is 1. The maximum Gasteiger partial charge on any atom is 0.335 e. The largest absolute Gasteiger partial charge is 0.478 e. The zero-order valence-corrected chi connectivity index (χ0v) is 23.2. The average Bonchev–Trinajstić information content (AvgIpc) is 3.20. The second-order valence-electron chi connectivity index (χ2n) is 11.3. The summed E-state index contributed by atoms with van der Waals surface area (Å²) in [6.07, 6.45) is 20.9. The number of hydrogen-bond acceptors (Lipinski definition) is 5. The molecule has 4 N–H and O–H groups in total. The normalized spacial score (nSPS) is 27.1. The molecule has 1 heterocycles. The molecule has 2 aromatic carbocycles. The number of carbonyl (C=O) groups is 1. The Morgan fingerprint density at radius 3 is 2.52 bits per heavy atom. The van der Waals surface area contributed by atoms with Gasteiger partial charge in [0.05, 0.1) is 11.7 Å². The lowest BCUT2D eigenvalue weighted by Crippen LogP contribution is -2.33. The molecule has 0 bridgehead atoms. The number of nitrogens with two attached hydrogens (primary N) is 1. The van der Waals surface area contributed by atoms with Crippen LogP contribution in [0.4, 0.5) is 11.4 Å². The Bertz CT molecular complexity index is 1720. The summed E-state index contributed by atoms with van der Waals surface area (Å²) in [6, 6.07) is 15.1. The van der Waals surface area contributed by atoms with Gasteiger partial charge in [0.1, 0.15) is 11.5 Å². The van der Waals surface area contributed by atoms with E-state index in [1.54, 1.807) is 12.1 Å². The van der Waals surface area contributed by atoms with Crippen LogP contribution < -0.4 is 10.6 Å². The van der Waals surface area contributed by atoms with Gasteiger partial charge in [0.25, 0.3) is 0 Å². The summed E-state index contributed by atoms with van der Waals surface area (Å²) in [6.45, 7) is 0. The van der Waals surface area contributed by atoms with E-state index in [0.29, 0.717) is 12.0 Å². The Hall–Kier alpha value is -4.81. The zero-order valence-electron chi connectivity index (χ0n) is 23.2. The highest BCUT2D eigenvalue weighted by Crippen LogP contribution is 2.53. The molecular formula is C36H32N2O4. The Morgan fingerprint density at radius 2 is 1.71 bits per heavy atom. The number of aliphatic hydroxyl groups is 1. The standard InChI is InChI=1S/C36H32N2O4/c1-38(24-13-11-23(37)12-14-24)25-15-18-28-21(19-25)9-16-32-33(29-6-2-3-7-30(29)36(40)41)31-17-10-22-20-26(39)5-4-8-27(22)34(31)42-35(28)32/h2-4,6-21,26,28,31,33,39H,5,37H2,1H3,(H,40,41). The molecule has 0 amide bonds. The van der Waals surface area contributed by atoms with Crippen molar-refractivity contribution in [3.63, 3.8) is 0 Å². The van der Waals surface area contributed by atoms with Crippen LogP contribution in [0, 0.1) is 17.8 Å². The first-order valence-electron chi connectivity index (χ1n) is 14.3. The van der Waals surface area contributed by atoms with Crippen molar-refractivity contribution in [3.8, 4) is 0 Å². The predicted molar refractivity (Wildman–Crippen MR) is 164 cm³/mol. The van der Waals surface area contributed by atoms with E-state index in [2.05, 4.69) is 41.4 Å². The summed E-state index contributed by atoms with van der Waals surface area (Å²) in [4.78, 5) is 14.5. The fraction of sp³-hybridized carbons (Fsp3) is 0.194. The molecule has 42 heavy (non-hydrogen) atoms. The SMILES string of the molecule is CN(C1=CC2C=CC3=C(OC4=C5C=CCC(O)C=C5C=CC4C3c3ccccc3C(=O)O)C2C=C1)c1ccc(N)cc1. The van der Waals surface area contributed by atoms with Crippen LogP contribution in [0.5, 0.6) is 0 Å². The molecule has 4 aliphatic carbocycles. The third-order valence-corrected chi connectivity index (χ3v) is 8.84. The molecule has 5 unspecified atom stereocenters. The van der Waals surface area contributed by atoms with Crippen LogP contribution >= 0.6 is 0 Å². The van der Waals surface area contributed by atoms with Crippen molar-refractivity contribution in [3.05, 3.63) is 154 Å². The van der Waals surface area contributed by atoms with Crippen LogP contribution in [0.25, 0.3) is 0 Å². The highest BCUT2D eigenvalue weighted by Gasteiger charge is 2.44. The van der Waals surface area contributed by atoms with E-state index < -0.39 is 12.1 Å². The highest BCUT2D eigenvalue weighted by atomic mass is 16.5. The van der Waals surface area contributed by atoms with Crippen LogP contribution in [-0.4, -0.2) is 29.3 Å². The maximum atomic E-state index is 12.4. The molecule has 0 fully saturated rings. The number of benzene rings is 2. The summed E-state index contributed by atoms with van der Waals surface area (Å²) in [5.41, 5.74) is 12.7. The summed E-state index contributed by atoms with van der Waals surface area (Å²) in [7, 11) is 2.04. The van der Waals surface area contributed by atoms with Gasteiger partial charge in [0.15, 0.2) is 0 Å². The van der Waals surface area contributed by atoms with Crippen LogP contribution in [0.2, 0.25) is 0 Å². The van der Waals surface area contributed by atoms with Crippen LogP contribution in [0.3, 0.4) is 0 Å². The Kier molecular flexibility index (Phi) is 6.36. The molecule has 0 aromatic heterocycles. The number of anilines is 2. The van der Waals surface area contributed by atoms with Gasteiger partial charge < -0.3 is 25.6 Å². The van der Waals surface area contributed by atoms with E-state index >= 15 is 0 Å². The Balaban J connectivity index is 1.34. The number of likely N-dealkylation sites (N-methyl/N-ethyl adjacent to an activating group) is 1. The van der Waals surface area contributed by atoms with Crippen molar-refractivity contribution in [2.45, 2.75) is 18.4 Å². The van der Waals surface area contributed by atoms with Gasteiger partial charge in [-0.2, -0.15) is 0 Å². The van der Waals surface area contributed by atoms with Crippen molar-refractivity contribution >= 4 is 17.3 Å². The van der Waals surface area contributed by atoms with Crippen molar-refractivity contribution in [1.29, 1.82) is 0 Å². The molecular weight excluding hydrogens is 524 g/mol. The number of allylic oxidation sites excluding steroid dienone is 11. The monoisotopic (exact) mass is 556 g/mol. The molecule has 6 nitrogen and oxygen atoms in total. The van der Waals surface area contributed by atoms with E-state index in [1.165, 1.54) is 0 Å². The molecule has 5 aliphatic rings. The number of nitrogens with zero attached hydrogens (tertiary/aromatic N) is 1. The predicted octanol–water partition coefficient (Wildman–Crippen LogP) is 6.41. The molecule has 6 heteroatoms. The minimum atomic E-state index is -0.945. The fourth-order valence-electron chi connectivity index (χ4n) is 6.72. The highest BCUT2D eigenvalue weighted by molar-refractivity contribution is 5.90. The Morgan fingerprint density at radius 1 is 0.929 bits per heavy atom. The van der Waals surface area contributed by atoms with E-state index in [1.807, 2.05) is 67.7 Å². The minimum absolute atomic E-state index is 0.0409. The molecule has 0 saturated heterocycles. The number of nitrogen functional groups attached to an aromatic ring is 1. The van der Waals surface area contributed by atoms with Crippen molar-refractivity contribution in [2.75, 3.05) is 17.7 Å². The lowest BCUT2D eigenvalue weighted by molar-refractivity contribution is 0.0694. The quantitative estimate of drug-likeness (QED) is 0.377. The van der Waals surface area contributed by atoms with Gasteiger partial charge in [-0.25, -0.2) is 4.79 Å². The van der Waals surface area contributed by atoms with Crippen LogP contribution in [-0.2, 0) is 4.74 Å². The van der Waals surface area contributed by atoms with Crippen molar-refractivity contribution in [2.24, 2.45) is 17.8 Å². The number of rotatable bonds is 4. The minimum Gasteiger partial charge on any atom is -0.478 e. The number of aliphatic hydroxyl groups excluding tert-OH is 1. The lowest BCUT2D eigenvalue weighted by atomic mass is 9.68. The molecule has 7 rings (SSSR count). The van der Waals surface area contributed by atoms with Gasteiger partial charge in [0, 0.05) is 53.4 Å². The van der Waals surface area contributed by atoms with Crippen LogP contribution in [0.15, 0.2) is 143 Å². The van der Waals surface area contributed by atoms with E-state index in [9.17, 15) is 15.0 Å². The van der Waals surface area contributed by atoms with Crippen LogP contribution in [0.1, 0.15) is 28.3 Å². The molecule has 0 radical (unpaired) electrons. The maximum absolute atomic E-state index is 12.4. The third kappa shape index (κ3) is 4.35. The summed E-state index contributed by atoms with van der Waals surface area (Å²) < 4.78 is 6.90. The topological polar surface area (TPSA) is 96.0 Å². The van der Waals surface area contributed by atoms with Gasteiger partial charge in [-0.05, 0) is 65.6 Å². The molecule has 0 spiro atoms. The lowest BCUT2D eigenvalue weighted by Gasteiger charge is -2.43. The first-order chi connectivity index (χ1) is 20.4. The van der Waals surface area contributed by atoms with Gasteiger partial charge in [-0.3, -0.25) is 0 Å². The number of carboxylic acid groups (broad SMARTS) is 1. The second kappa shape index (κ2) is 10.2. The first kappa shape index (κ1) is 26.1. The van der Waals surface area contributed by atoms with Gasteiger partial charge in [0.2, 0.25) is 0 Å². The average molecular weight is 557 g/mol. The van der Waals surface area contributed by atoms with E-state index in [4.69, 9.17) is 10.5 Å². The molecule has 0 saturated carbocycles. The fourth-order valence-corrected chi connectivity index (χ4v) is 6.72. The molecule has 2 aromatic rings. The summed E-state index contributed by atoms with van der Waals surface area (Å²) >= 11 is 0. The summed E-state index contributed by atoms with van der Waals surface area (Å²) in [5, 5.41) is 20.6. The second-order valence-corrected chi connectivity index (χ2v) is 11.3. The molecule has 210 valence electrons. The number of fused-ring (bicyclic) bond motifs is 4. The first-order valence-corrected chi connectivity index (χ1v) is 14.3. The van der Waals surface area contributed by atoms with Gasteiger partial charge in [-0.1, -0.05) is 66.8 Å². The van der Waals surface area contributed by atoms with E-state index in [-0.39, 0.29) is 23.7 Å². The number of hydrogen-bond donors (Lipinski definition) is 3. The molecule has 5 atom stereocenters. The van der Waals surface area contributed by atoms with Gasteiger partial charge >= 0.3 is 5.97 Å². The zero-order chi connectivity index (χ0) is 29.0. The van der Waals surface area contributed by atoms with Gasteiger partial charge in [-0.15, -0.1) is 0 Å². The van der Waals surface area contributed by atoms with Crippen molar-refractivity contribution < 1.29 is 19.7 Å². The number of carboxylic acids is 1. The molecule has 1 aliphatic heterocycles. The van der Waals surface area contributed by atoms with E-state index in [0.717, 1.165) is 50.9 Å². The summed E-state index contributed by atoms with van der Waals surface area (Å²) in [5.74, 6) is 0.304. The van der Waals surface area contributed by atoms with Crippen molar-refractivity contribution in [1.82, 2.24) is 0 Å². The third-order valence-electron chi connectivity index (χ3n) is 8.84. The Labute approximate surface area is 245 Å². The number of aromatic carboxylic acids is 1. The smallest absolute Gasteiger partial charge is 0.335 e.